The van der Waals surface area contributed by atoms with Crippen LogP contribution in [0, 0.1) is 0 Å². The Labute approximate surface area is 145 Å². The predicted molar refractivity (Wildman–Crippen MR) is 104 cm³/mol. The number of para-hydroxylation sites is 1. The zero-order valence-electron chi connectivity index (χ0n) is 12.9. The SMILES string of the molecule is Cn1c2ccc(Br)cc2c(=O)c2c3[nH]c4ccccc4c3ccc21. The molecule has 0 atom stereocenters. The van der Waals surface area contributed by atoms with Crippen LogP contribution in [0.15, 0.2) is 63.9 Å². The van der Waals surface area contributed by atoms with E-state index in [4.69, 9.17) is 0 Å². The van der Waals surface area contributed by atoms with Gasteiger partial charge in [0.1, 0.15) is 0 Å². The summed E-state index contributed by atoms with van der Waals surface area (Å²) in [6.45, 7) is 0. The maximum absolute atomic E-state index is 13.2. The van der Waals surface area contributed by atoms with Crippen molar-refractivity contribution in [2.45, 2.75) is 0 Å². The molecule has 0 spiro atoms. The summed E-state index contributed by atoms with van der Waals surface area (Å²) in [5, 5.41) is 3.71. The highest BCUT2D eigenvalue weighted by atomic mass is 79.9. The first kappa shape index (κ1) is 13.8. The molecule has 0 aliphatic heterocycles. The first-order chi connectivity index (χ1) is 11.6. The van der Waals surface area contributed by atoms with Crippen molar-refractivity contribution in [1.29, 1.82) is 0 Å². The number of nitrogens with one attached hydrogen (secondary N) is 1. The van der Waals surface area contributed by atoms with E-state index in [-0.39, 0.29) is 5.43 Å². The Kier molecular flexibility index (Phi) is 2.71. The van der Waals surface area contributed by atoms with E-state index < -0.39 is 0 Å². The molecule has 0 fully saturated rings. The molecule has 1 N–H and O–H groups in total. The van der Waals surface area contributed by atoms with Gasteiger partial charge in [-0.25, -0.2) is 0 Å². The molecule has 0 amide bonds. The minimum Gasteiger partial charge on any atom is -0.354 e. The summed E-state index contributed by atoms with van der Waals surface area (Å²) in [6, 6.07) is 18.1. The fourth-order valence-electron chi connectivity index (χ4n) is 3.66. The van der Waals surface area contributed by atoms with Crippen LogP contribution in [0.3, 0.4) is 0 Å². The second kappa shape index (κ2) is 4.71. The average Bonchev–Trinajstić information content (AvgIpc) is 2.97. The molecule has 0 aliphatic rings. The van der Waals surface area contributed by atoms with Gasteiger partial charge >= 0.3 is 0 Å². The van der Waals surface area contributed by atoms with Crippen LogP contribution < -0.4 is 5.43 Å². The first-order valence-electron chi connectivity index (χ1n) is 7.76. The Morgan fingerprint density at radius 2 is 1.71 bits per heavy atom. The third-order valence-corrected chi connectivity index (χ3v) is 5.31. The topological polar surface area (TPSA) is 37.8 Å². The van der Waals surface area contributed by atoms with Crippen LogP contribution in [0.1, 0.15) is 0 Å². The number of pyridine rings is 1. The Balaban J connectivity index is 2.13. The Bertz CT molecular complexity index is 1340. The highest BCUT2D eigenvalue weighted by Crippen LogP contribution is 2.31. The number of fused-ring (bicyclic) bond motifs is 6. The summed E-state index contributed by atoms with van der Waals surface area (Å²) in [7, 11) is 2.01. The monoisotopic (exact) mass is 376 g/mol. The number of aromatic amines is 1. The smallest absolute Gasteiger partial charge is 0.199 e. The van der Waals surface area contributed by atoms with E-state index >= 15 is 0 Å². The first-order valence-corrected chi connectivity index (χ1v) is 8.56. The van der Waals surface area contributed by atoms with E-state index in [9.17, 15) is 4.79 Å². The molecular formula is C20H13BrN2O. The van der Waals surface area contributed by atoms with Gasteiger partial charge in [-0.15, -0.1) is 0 Å². The number of hydrogen-bond acceptors (Lipinski definition) is 1. The van der Waals surface area contributed by atoms with Crippen molar-refractivity contribution in [3.05, 3.63) is 69.3 Å². The number of aromatic nitrogens is 2. The highest BCUT2D eigenvalue weighted by Gasteiger charge is 2.14. The number of rotatable bonds is 0. The summed E-state index contributed by atoms with van der Waals surface area (Å²) in [4.78, 5) is 16.7. The van der Waals surface area contributed by atoms with Gasteiger partial charge < -0.3 is 9.55 Å². The molecule has 0 saturated heterocycles. The minimum atomic E-state index is 0.0663. The van der Waals surface area contributed by atoms with Crippen molar-refractivity contribution >= 4 is 59.5 Å². The van der Waals surface area contributed by atoms with E-state index in [0.29, 0.717) is 0 Å². The normalized spacial score (nSPS) is 11.9. The van der Waals surface area contributed by atoms with E-state index in [0.717, 1.165) is 48.1 Å². The molecule has 0 saturated carbocycles. The Morgan fingerprint density at radius 1 is 0.917 bits per heavy atom. The van der Waals surface area contributed by atoms with E-state index in [1.807, 2.05) is 49.5 Å². The summed E-state index contributed by atoms with van der Waals surface area (Å²) in [5.74, 6) is 0. The van der Waals surface area contributed by atoms with Crippen molar-refractivity contribution in [2.24, 2.45) is 7.05 Å². The molecule has 2 aromatic heterocycles. The molecule has 4 heteroatoms. The van der Waals surface area contributed by atoms with Gasteiger partial charge in [-0.05, 0) is 30.3 Å². The average molecular weight is 377 g/mol. The van der Waals surface area contributed by atoms with Crippen molar-refractivity contribution in [3.63, 3.8) is 0 Å². The summed E-state index contributed by atoms with van der Waals surface area (Å²) in [6.07, 6.45) is 0. The lowest BCUT2D eigenvalue weighted by molar-refractivity contribution is 1.00. The van der Waals surface area contributed by atoms with Crippen LogP contribution >= 0.6 is 15.9 Å². The molecule has 0 bridgehead atoms. The van der Waals surface area contributed by atoms with Gasteiger partial charge in [-0.1, -0.05) is 40.2 Å². The van der Waals surface area contributed by atoms with Crippen LogP contribution in [-0.2, 0) is 7.05 Å². The standard InChI is InChI=1S/C20H13BrN2O/c1-23-16-8-6-11(21)10-14(16)20(24)18-17(23)9-7-13-12-4-2-3-5-15(12)22-19(13)18/h2-10,22H,1H3. The van der Waals surface area contributed by atoms with E-state index in [2.05, 4.69) is 37.6 Å². The lowest BCUT2D eigenvalue weighted by Gasteiger charge is -2.11. The number of aryl methyl sites for hydroxylation is 1. The number of nitrogens with zero attached hydrogens (tertiary/aromatic N) is 1. The molecule has 3 nitrogen and oxygen atoms in total. The van der Waals surface area contributed by atoms with Gasteiger partial charge in [-0.2, -0.15) is 0 Å². The third-order valence-electron chi connectivity index (χ3n) is 4.81. The second-order valence-electron chi connectivity index (χ2n) is 6.10. The number of benzene rings is 3. The molecule has 5 rings (SSSR count). The summed E-state index contributed by atoms with van der Waals surface area (Å²) >= 11 is 3.48. The largest absolute Gasteiger partial charge is 0.354 e. The predicted octanol–water partition coefficient (Wildman–Crippen LogP) is 5.09. The zero-order chi connectivity index (χ0) is 16.4. The van der Waals surface area contributed by atoms with Gasteiger partial charge in [0.15, 0.2) is 5.43 Å². The maximum Gasteiger partial charge on any atom is 0.199 e. The highest BCUT2D eigenvalue weighted by molar-refractivity contribution is 9.10. The van der Waals surface area contributed by atoms with Gasteiger partial charge in [0.05, 0.1) is 21.9 Å². The van der Waals surface area contributed by atoms with Crippen molar-refractivity contribution in [2.75, 3.05) is 0 Å². The Morgan fingerprint density at radius 3 is 2.58 bits per heavy atom. The van der Waals surface area contributed by atoms with Crippen LogP contribution in [-0.4, -0.2) is 9.55 Å². The zero-order valence-corrected chi connectivity index (χ0v) is 14.5. The minimum absolute atomic E-state index is 0.0663. The van der Waals surface area contributed by atoms with Gasteiger partial charge in [0.25, 0.3) is 0 Å². The molecule has 0 unspecified atom stereocenters. The van der Waals surface area contributed by atoms with Crippen LogP contribution in [0.25, 0.3) is 43.6 Å². The lowest BCUT2D eigenvalue weighted by atomic mass is 10.1. The van der Waals surface area contributed by atoms with Gasteiger partial charge in [-0.3, -0.25) is 4.79 Å². The van der Waals surface area contributed by atoms with Crippen LogP contribution in [0.4, 0.5) is 0 Å². The fraction of sp³-hybridized carbons (Fsp3) is 0.0500. The molecule has 24 heavy (non-hydrogen) atoms. The van der Waals surface area contributed by atoms with Crippen molar-refractivity contribution < 1.29 is 0 Å². The van der Waals surface area contributed by atoms with Crippen molar-refractivity contribution in [3.8, 4) is 0 Å². The molecule has 5 aromatic rings. The van der Waals surface area contributed by atoms with E-state index in [1.165, 1.54) is 0 Å². The van der Waals surface area contributed by atoms with Gasteiger partial charge in [0.2, 0.25) is 0 Å². The van der Waals surface area contributed by atoms with E-state index in [1.54, 1.807) is 0 Å². The number of halogens is 1. The van der Waals surface area contributed by atoms with Crippen molar-refractivity contribution in [1.82, 2.24) is 9.55 Å². The maximum atomic E-state index is 13.2. The quantitative estimate of drug-likeness (QED) is 0.375. The molecule has 0 radical (unpaired) electrons. The summed E-state index contributed by atoms with van der Waals surface area (Å²) in [5.41, 5.74) is 3.91. The number of H-pyrrole nitrogens is 1. The second-order valence-corrected chi connectivity index (χ2v) is 7.02. The molecule has 0 aliphatic carbocycles. The summed E-state index contributed by atoms with van der Waals surface area (Å²) < 4.78 is 3.00. The number of hydrogen-bond donors (Lipinski definition) is 1. The lowest BCUT2D eigenvalue weighted by Crippen LogP contribution is -2.09. The molecule has 116 valence electrons. The van der Waals surface area contributed by atoms with Gasteiger partial charge in [0, 0.05) is 33.2 Å². The molecule has 3 aromatic carbocycles. The van der Waals surface area contributed by atoms with Crippen LogP contribution in [0.5, 0.6) is 0 Å². The Hall–Kier alpha value is -2.59. The molecule has 2 heterocycles. The van der Waals surface area contributed by atoms with Crippen LogP contribution in [0.2, 0.25) is 0 Å². The fourth-order valence-corrected chi connectivity index (χ4v) is 4.03. The molecular weight excluding hydrogens is 364 g/mol. The third kappa shape index (κ3) is 1.69.